The zero-order chi connectivity index (χ0) is 11.3. The summed E-state index contributed by atoms with van der Waals surface area (Å²) >= 11 is 0. The largest absolute Gasteiger partial charge is 0.326 e. The second kappa shape index (κ2) is 5.46. The Morgan fingerprint density at radius 1 is 1.47 bits per heavy atom. The van der Waals surface area contributed by atoms with Gasteiger partial charge in [0.05, 0.1) is 0 Å². The van der Waals surface area contributed by atoms with Gasteiger partial charge in [-0.05, 0) is 43.8 Å². The summed E-state index contributed by atoms with van der Waals surface area (Å²) in [5.74, 6) is -0.428. The molecule has 0 aliphatic heterocycles. The van der Waals surface area contributed by atoms with E-state index in [1.54, 1.807) is 6.07 Å². The fourth-order valence-electron chi connectivity index (χ4n) is 1.34. The molecule has 0 bridgehead atoms. The molecule has 4 heteroatoms. The molecule has 0 aliphatic carbocycles. The molecule has 0 unspecified atom stereocenters. The molecular formula is C11H15FN2O. The average molecular weight is 210 g/mol. The molecule has 15 heavy (non-hydrogen) atoms. The topological polar surface area (TPSA) is 41.1 Å². The summed E-state index contributed by atoms with van der Waals surface area (Å²) < 4.78 is 13.0. The van der Waals surface area contributed by atoms with E-state index in [4.69, 9.17) is 0 Å². The van der Waals surface area contributed by atoms with Crippen LogP contribution in [-0.2, 0) is 11.2 Å². The second-order valence-corrected chi connectivity index (χ2v) is 3.34. The van der Waals surface area contributed by atoms with Gasteiger partial charge in [0.15, 0.2) is 0 Å². The minimum Gasteiger partial charge on any atom is -0.326 e. The van der Waals surface area contributed by atoms with Crippen LogP contribution in [0.4, 0.5) is 10.1 Å². The molecule has 1 aromatic rings. The molecule has 1 aromatic carbocycles. The first-order chi connectivity index (χ1) is 7.13. The van der Waals surface area contributed by atoms with Gasteiger partial charge in [-0.25, -0.2) is 4.39 Å². The monoisotopic (exact) mass is 210 g/mol. The molecule has 0 saturated heterocycles. The van der Waals surface area contributed by atoms with Gasteiger partial charge in [-0.2, -0.15) is 0 Å². The lowest BCUT2D eigenvalue weighted by molar-refractivity contribution is -0.114. The number of halogens is 1. The Kier molecular flexibility index (Phi) is 4.24. The van der Waals surface area contributed by atoms with Gasteiger partial charge >= 0.3 is 0 Å². The summed E-state index contributed by atoms with van der Waals surface area (Å²) in [5.41, 5.74) is 1.48. The van der Waals surface area contributed by atoms with Gasteiger partial charge in [-0.15, -0.1) is 0 Å². The van der Waals surface area contributed by atoms with Gasteiger partial charge in [-0.1, -0.05) is 0 Å². The summed E-state index contributed by atoms with van der Waals surface area (Å²) in [4.78, 5) is 10.9. The highest BCUT2D eigenvalue weighted by Gasteiger charge is 2.04. The maximum absolute atomic E-state index is 13.0. The second-order valence-electron chi connectivity index (χ2n) is 3.34. The number of hydrogen-bond donors (Lipinski definition) is 2. The first kappa shape index (κ1) is 11.7. The zero-order valence-electron chi connectivity index (χ0n) is 8.93. The van der Waals surface area contributed by atoms with Crippen LogP contribution in [0.25, 0.3) is 0 Å². The third-order valence-corrected chi connectivity index (χ3v) is 2.02. The highest BCUT2D eigenvalue weighted by Crippen LogP contribution is 2.17. The number of likely N-dealkylation sites (N-methyl/N-ethyl adjacent to an activating group) is 1. The number of benzene rings is 1. The van der Waals surface area contributed by atoms with E-state index in [1.807, 2.05) is 7.05 Å². The molecule has 1 rings (SSSR count). The van der Waals surface area contributed by atoms with Crippen LogP contribution < -0.4 is 10.6 Å². The van der Waals surface area contributed by atoms with E-state index >= 15 is 0 Å². The Hall–Kier alpha value is -1.42. The lowest BCUT2D eigenvalue weighted by Gasteiger charge is -2.09. The molecule has 0 saturated carbocycles. The van der Waals surface area contributed by atoms with Crippen molar-refractivity contribution >= 4 is 11.6 Å². The molecule has 0 spiro atoms. The van der Waals surface area contributed by atoms with Crippen molar-refractivity contribution in [3.63, 3.8) is 0 Å². The molecule has 3 nitrogen and oxygen atoms in total. The van der Waals surface area contributed by atoms with Crippen LogP contribution in [-0.4, -0.2) is 19.5 Å². The summed E-state index contributed by atoms with van der Waals surface area (Å²) in [7, 11) is 1.83. The zero-order valence-corrected chi connectivity index (χ0v) is 8.93. The van der Waals surface area contributed by atoms with Crippen molar-refractivity contribution in [3.05, 3.63) is 29.6 Å². The Morgan fingerprint density at radius 2 is 2.20 bits per heavy atom. The minimum absolute atomic E-state index is 0.146. The number of carbonyl (C=O) groups is 1. The van der Waals surface area contributed by atoms with Gasteiger partial charge < -0.3 is 10.6 Å². The van der Waals surface area contributed by atoms with E-state index < -0.39 is 0 Å². The summed E-state index contributed by atoms with van der Waals surface area (Å²) in [6, 6.07) is 4.37. The van der Waals surface area contributed by atoms with Gasteiger partial charge in [-0.3, -0.25) is 4.79 Å². The maximum atomic E-state index is 13.0. The predicted octanol–water partition coefficient (Wildman–Crippen LogP) is 1.55. The van der Waals surface area contributed by atoms with Crippen molar-refractivity contribution in [2.24, 2.45) is 0 Å². The Morgan fingerprint density at radius 3 is 2.80 bits per heavy atom. The maximum Gasteiger partial charge on any atom is 0.221 e. The van der Waals surface area contributed by atoms with Crippen LogP contribution >= 0.6 is 0 Å². The van der Waals surface area contributed by atoms with Crippen molar-refractivity contribution in [2.75, 3.05) is 18.9 Å². The van der Waals surface area contributed by atoms with Crippen LogP contribution in [0, 0.1) is 5.82 Å². The van der Waals surface area contributed by atoms with Gasteiger partial charge in [0, 0.05) is 12.6 Å². The third-order valence-electron chi connectivity index (χ3n) is 2.02. The van der Waals surface area contributed by atoms with E-state index in [2.05, 4.69) is 10.6 Å². The number of carbonyl (C=O) groups excluding carboxylic acids is 1. The van der Waals surface area contributed by atoms with Crippen molar-refractivity contribution in [2.45, 2.75) is 13.3 Å². The lowest BCUT2D eigenvalue weighted by Crippen LogP contribution is -2.13. The normalized spacial score (nSPS) is 10.1. The quantitative estimate of drug-likeness (QED) is 0.791. The highest BCUT2D eigenvalue weighted by atomic mass is 19.1. The Bertz CT molecular complexity index is 352. The van der Waals surface area contributed by atoms with Crippen LogP contribution in [0.5, 0.6) is 0 Å². The van der Waals surface area contributed by atoms with Crippen LogP contribution in [0.2, 0.25) is 0 Å². The van der Waals surface area contributed by atoms with Crippen molar-refractivity contribution in [1.82, 2.24) is 5.32 Å². The first-order valence-corrected chi connectivity index (χ1v) is 4.84. The first-order valence-electron chi connectivity index (χ1n) is 4.84. The summed E-state index contributed by atoms with van der Waals surface area (Å²) in [6.07, 6.45) is 0.684. The molecule has 0 heterocycles. The summed E-state index contributed by atoms with van der Waals surface area (Å²) in [6.45, 7) is 2.18. The molecule has 82 valence electrons. The SMILES string of the molecule is CNCCc1cc(F)ccc1NC(C)=O. The smallest absolute Gasteiger partial charge is 0.221 e. The number of amides is 1. The van der Waals surface area contributed by atoms with Crippen LogP contribution in [0.15, 0.2) is 18.2 Å². The third kappa shape index (κ3) is 3.67. The molecule has 0 fully saturated rings. The molecule has 0 atom stereocenters. The van der Waals surface area contributed by atoms with Crippen LogP contribution in [0.1, 0.15) is 12.5 Å². The molecule has 0 aromatic heterocycles. The van der Waals surface area contributed by atoms with E-state index in [0.717, 1.165) is 12.1 Å². The molecule has 0 radical (unpaired) electrons. The Labute approximate surface area is 88.7 Å². The van der Waals surface area contributed by atoms with Crippen molar-refractivity contribution in [1.29, 1.82) is 0 Å². The van der Waals surface area contributed by atoms with E-state index in [1.165, 1.54) is 19.1 Å². The van der Waals surface area contributed by atoms with E-state index in [0.29, 0.717) is 12.1 Å². The number of anilines is 1. The van der Waals surface area contributed by atoms with Gasteiger partial charge in [0.2, 0.25) is 5.91 Å². The Balaban J connectivity index is 2.87. The molecular weight excluding hydrogens is 195 g/mol. The lowest BCUT2D eigenvalue weighted by atomic mass is 10.1. The van der Waals surface area contributed by atoms with Gasteiger partial charge in [0.1, 0.15) is 5.82 Å². The number of rotatable bonds is 4. The molecule has 0 aliphatic rings. The fourth-order valence-corrected chi connectivity index (χ4v) is 1.34. The number of nitrogens with one attached hydrogen (secondary N) is 2. The standard InChI is InChI=1S/C11H15FN2O/c1-8(15)14-11-4-3-10(12)7-9(11)5-6-13-2/h3-4,7,13H,5-6H2,1-2H3,(H,14,15). The number of hydrogen-bond acceptors (Lipinski definition) is 2. The van der Waals surface area contributed by atoms with Crippen LogP contribution in [0.3, 0.4) is 0 Å². The van der Waals surface area contributed by atoms with E-state index in [9.17, 15) is 9.18 Å². The van der Waals surface area contributed by atoms with Gasteiger partial charge in [0.25, 0.3) is 0 Å². The molecule has 2 N–H and O–H groups in total. The fraction of sp³-hybridized carbons (Fsp3) is 0.364. The van der Waals surface area contributed by atoms with E-state index in [-0.39, 0.29) is 11.7 Å². The predicted molar refractivity (Wildman–Crippen MR) is 58.3 cm³/mol. The summed E-state index contributed by atoms with van der Waals surface area (Å²) in [5, 5.41) is 5.66. The highest BCUT2D eigenvalue weighted by molar-refractivity contribution is 5.89. The molecule has 1 amide bonds. The van der Waals surface area contributed by atoms with Crippen molar-refractivity contribution < 1.29 is 9.18 Å². The minimum atomic E-state index is -0.282. The van der Waals surface area contributed by atoms with Crippen molar-refractivity contribution in [3.8, 4) is 0 Å². The average Bonchev–Trinajstić information content (AvgIpc) is 2.18.